The molecule has 1 fully saturated rings. The lowest BCUT2D eigenvalue weighted by molar-refractivity contribution is -0.167. The van der Waals surface area contributed by atoms with Gasteiger partial charge in [-0.15, -0.1) is 6.58 Å². The number of esters is 1. The molecule has 6 nitrogen and oxygen atoms in total. The van der Waals surface area contributed by atoms with E-state index < -0.39 is 41.8 Å². The standard InChI is InChI=1S/C42H42O6/c1-5-18-37(45-39(44)30-27-32-19-10-6-11-20-32)40-38(47-41(3,4)48-40)29-28-36(43)31(2)46-42(33-21-12-7-13-22-33,34-23-14-8-15-24-34)35-25-16-9-17-26-35/h5-17,19-31,37-38,40H,1,18H2,2-4H3/b29-28+,30-27+/t31-,37+,38+,40+/m0/s1. The molecule has 0 aliphatic carbocycles. The molecule has 0 saturated carbocycles. The van der Waals surface area contributed by atoms with Crippen LogP contribution >= 0.6 is 0 Å². The van der Waals surface area contributed by atoms with Crippen LogP contribution in [0, 0.1) is 0 Å². The van der Waals surface area contributed by atoms with E-state index in [1.807, 2.05) is 121 Å². The Labute approximate surface area is 283 Å². The molecule has 48 heavy (non-hydrogen) atoms. The second-order valence-corrected chi connectivity index (χ2v) is 12.1. The lowest BCUT2D eigenvalue weighted by atomic mass is 9.80. The van der Waals surface area contributed by atoms with Crippen LogP contribution in [0.2, 0.25) is 0 Å². The number of hydrogen-bond donors (Lipinski definition) is 0. The number of ether oxygens (including phenoxy) is 4. The molecule has 246 valence electrons. The third-order valence-electron chi connectivity index (χ3n) is 8.15. The molecule has 1 saturated heterocycles. The minimum atomic E-state index is -1.05. The molecule has 0 amide bonds. The van der Waals surface area contributed by atoms with Gasteiger partial charge < -0.3 is 18.9 Å². The molecule has 6 heteroatoms. The van der Waals surface area contributed by atoms with E-state index in [2.05, 4.69) is 6.58 Å². The van der Waals surface area contributed by atoms with Crippen molar-refractivity contribution in [2.24, 2.45) is 0 Å². The molecule has 0 spiro atoms. The summed E-state index contributed by atoms with van der Waals surface area (Å²) >= 11 is 0. The zero-order chi connectivity index (χ0) is 34.0. The number of carbonyl (C=O) groups is 2. The van der Waals surface area contributed by atoms with Crippen molar-refractivity contribution < 1.29 is 28.5 Å². The van der Waals surface area contributed by atoms with Crippen LogP contribution in [0.4, 0.5) is 0 Å². The lowest BCUT2D eigenvalue weighted by Gasteiger charge is -2.37. The zero-order valence-corrected chi connectivity index (χ0v) is 27.6. The van der Waals surface area contributed by atoms with E-state index in [9.17, 15) is 9.59 Å². The first kappa shape index (κ1) is 34.5. The van der Waals surface area contributed by atoms with Gasteiger partial charge in [0.2, 0.25) is 0 Å². The number of rotatable bonds is 14. The second kappa shape index (κ2) is 15.8. The lowest BCUT2D eigenvalue weighted by Crippen LogP contribution is -2.39. The molecule has 1 heterocycles. The van der Waals surface area contributed by atoms with E-state index in [-0.39, 0.29) is 5.78 Å². The fourth-order valence-corrected chi connectivity index (χ4v) is 5.96. The SMILES string of the molecule is C=CC[C@@H](OC(=O)/C=C/c1ccccc1)[C@H]1OC(C)(C)O[C@@H]1/C=C/C(=O)[C@H](C)OC(c1ccccc1)(c1ccccc1)c1ccccc1. The van der Waals surface area contributed by atoms with Crippen LogP contribution in [0.3, 0.4) is 0 Å². The van der Waals surface area contributed by atoms with E-state index in [0.717, 1.165) is 22.3 Å². The van der Waals surface area contributed by atoms with E-state index in [0.29, 0.717) is 6.42 Å². The molecule has 4 aromatic rings. The highest BCUT2D eigenvalue weighted by Crippen LogP contribution is 2.41. The van der Waals surface area contributed by atoms with Crippen molar-refractivity contribution in [2.75, 3.05) is 0 Å². The van der Waals surface area contributed by atoms with Gasteiger partial charge >= 0.3 is 5.97 Å². The van der Waals surface area contributed by atoms with Crippen LogP contribution in [0.25, 0.3) is 6.08 Å². The Bertz CT molecular complexity index is 1600. The first-order valence-electron chi connectivity index (χ1n) is 16.2. The van der Waals surface area contributed by atoms with Crippen molar-refractivity contribution in [3.05, 3.63) is 174 Å². The van der Waals surface area contributed by atoms with Crippen LogP contribution in [0.15, 0.2) is 152 Å². The largest absolute Gasteiger partial charge is 0.456 e. The molecule has 4 atom stereocenters. The van der Waals surface area contributed by atoms with E-state index in [1.54, 1.807) is 39.0 Å². The Hall–Kier alpha value is -4.88. The predicted molar refractivity (Wildman–Crippen MR) is 188 cm³/mol. The van der Waals surface area contributed by atoms with Gasteiger partial charge in [0.1, 0.15) is 30.0 Å². The van der Waals surface area contributed by atoms with Crippen LogP contribution in [-0.4, -0.2) is 42.0 Å². The second-order valence-electron chi connectivity index (χ2n) is 12.1. The fourth-order valence-electron chi connectivity index (χ4n) is 5.96. The summed E-state index contributed by atoms with van der Waals surface area (Å²) in [6.07, 6.45) is 5.34. The van der Waals surface area contributed by atoms with Gasteiger partial charge in [-0.05, 0) is 61.3 Å². The summed E-state index contributed by atoms with van der Waals surface area (Å²) in [7, 11) is 0. The highest BCUT2D eigenvalue weighted by molar-refractivity contribution is 5.93. The van der Waals surface area contributed by atoms with E-state index in [1.165, 1.54) is 12.2 Å². The highest BCUT2D eigenvalue weighted by atomic mass is 16.8. The summed E-state index contributed by atoms with van der Waals surface area (Å²) in [5.41, 5.74) is 2.52. The Morgan fingerprint density at radius 1 is 0.792 bits per heavy atom. The van der Waals surface area contributed by atoms with E-state index in [4.69, 9.17) is 18.9 Å². The maximum atomic E-state index is 13.8. The molecule has 0 radical (unpaired) electrons. The molecule has 4 aromatic carbocycles. The van der Waals surface area contributed by atoms with Gasteiger partial charge in [-0.3, -0.25) is 4.79 Å². The van der Waals surface area contributed by atoms with Gasteiger partial charge in [0.25, 0.3) is 0 Å². The third kappa shape index (κ3) is 8.33. The topological polar surface area (TPSA) is 71.1 Å². The maximum absolute atomic E-state index is 13.8. The molecule has 1 aliphatic rings. The fraction of sp³-hybridized carbons (Fsp3) is 0.238. The first-order chi connectivity index (χ1) is 23.2. The summed E-state index contributed by atoms with van der Waals surface area (Å²) < 4.78 is 25.1. The van der Waals surface area contributed by atoms with Crippen molar-refractivity contribution in [3.8, 4) is 0 Å². The van der Waals surface area contributed by atoms with Gasteiger partial charge in [0.05, 0.1) is 0 Å². The van der Waals surface area contributed by atoms with E-state index >= 15 is 0 Å². The molecule has 0 aromatic heterocycles. The summed E-state index contributed by atoms with van der Waals surface area (Å²) in [4.78, 5) is 26.7. The van der Waals surface area contributed by atoms with Gasteiger partial charge in [-0.1, -0.05) is 127 Å². The number of benzene rings is 4. The molecule has 0 N–H and O–H groups in total. The van der Waals surface area contributed by atoms with Crippen molar-refractivity contribution in [1.29, 1.82) is 0 Å². The Balaban J connectivity index is 1.38. The summed E-state index contributed by atoms with van der Waals surface area (Å²) in [6.45, 7) is 9.18. The summed E-state index contributed by atoms with van der Waals surface area (Å²) in [5, 5.41) is 0. The average Bonchev–Trinajstić information content (AvgIpc) is 3.43. The van der Waals surface area contributed by atoms with Crippen LogP contribution in [-0.2, 0) is 34.1 Å². The zero-order valence-electron chi connectivity index (χ0n) is 27.6. The van der Waals surface area contributed by atoms with Gasteiger partial charge in [0.15, 0.2) is 11.6 Å². The predicted octanol–water partition coefficient (Wildman–Crippen LogP) is 8.23. The monoisotopic (exact) mass is 642 g/mol. The normalized spacial score (nSPS) is 18.8. The molecule has 5 rings (SSSR count). The van der Waals surface area contributed by atoms with Gasteiger partial charge in [-0.2, -0.15) is 0 Å². The molecule has 0 unspecified atom stereocenters. The Morgan fingerprint density at radius 3 is 1.79 bits per heavy atom. The minimum Gasteiger partial charge on any atom is -0.456 e. The third-order valence-corrected chi connectivity index (χ3v) is 8.15. The first-order valence-corrected chi connectivity index (χ1v) is 16.2. The summed E-state index contributed by atoms with van der Waals surface area (Å²) in [6, 6.07) is 39.3. The van der Waals surface area contributed by atoms with Crippen molar-refractivity contribution in [1.82, 2.24) is 0 Å². The molecular formula is C42H42O6. The molecular weight excluding hydrogens is 600 g/mol. The summed E-state index contributed by atoms with van der Waals surface area (Å²) in [5.74, 6) is -1.74. The van der Waals surface area contributed by atoms with Gasteiger partial charge in [-0.25, -0.2) is 4.79 Å². The van der Waals surface area contributed by atoms with Crippen LogP contribution in [0.5, 0.6) is 0 Å². The van der Waals surface area contributed by atoms with Crippen molar-refractivity contribution in [2.45, 2.75) is 63.0 Å². The molecule has 0 bridgehead atoms. The van der Waals surface area contributed by atoms with Crippen molar-refractivity contribution in [3.63, 3.8) is 0 Å². The highest BCUT2D eigenvalue weighted by Gasteiger charge is 2.45. The van der Waals surface area contributed by atoms with Gasteiger partial charge in [0, 0.05) is 12.5 Å². The van der Waals surface area contributed by atoms with Crippen LogP contribution < -0.4 is 0 Å². The smallest absolute Gasteiger partial charge is 0.331 e. The number of hydrogen-bond acceptors (Lipinski definition) is 6. The maximum Gasteiger partial charge on any atom is 0.331 e. The Kier molecular flexibility index (Phi) is 11.3. The number of carbonyl (C=O) groups excluding carboxylic acids is 2. The van der Waals surface area contributed by atoms with Crippen LogP contribution in [0.1, 0.15) is 49.4 Å². The quantitative estimate of drug-likeness (QED) is 0.0597. The minimum absolute atomic E-state index is 0.253. The van der Waals surface area contributed by atoms with Crippen molar-refractivity contribution >= 4 is 17.8 Å². The average molecular weight is 643 g/mol. The molecule has 1 aliphatic heterocycles. The Morgan fingerprint density at radius 2 is 1.29 bits per heavy atom. The number of ketones is 1.